The Bertz CT molecular complexity index is 2320. The lowest BCUT2D eigenvalue weighted by atomic mass is 9.99. The maximum absolute atomic E-state index is 14.3. The van der Waals surface area contributed by atoms with Gasteiger partial charge in [0.2, 0.25) is 29.5 Å². The summed E-state index contributed by atoms with van der Waals surface area (Å²) in [6, 6.07) is 4.86. The number of carboxylic acid groups (broad SMARTS) is 1. The van der Waals surface area contributed by atoms with Crippen LogP contribution in [0.15, 0.2) is 41.4 Å². The van der Waals surface area contributed by atoms with Gasteiger partial charge in [-0.25, -0.2) is 9.78 Å². The fraction of sp³-hybridized carbons (Fsp3) is 0.574. The number of aromatic nitrogens is 1. The maximum atomic E-state index is 14.3. The van der Waals surface area contributed by atoms with Crippen LogP contribution in [0.1, 0.15) is 103 Å². The zero-order valence-corrected chi connectivity index (χ0v) is 40.0. The number of aliphatic hydroxyl groups excluding tert-OH is 1. The van der Waals surface area contributed by atoms with Crippen molar-refractivity contribution in [2.24, 2.45) is 28.1 Å². The SMILES string of the molecule is CC[C@H](C)[C@H](N)C(=O)NCCCC[C@H](NC(=O)[C@@H](NC(=O)CCCCCNc1c2ccccc2nc2c(C)ccc([N+](=O)[O-])c12)[C@@H](C)O)C(=O)N1CCC[C@H]1C(=O)N[C@@H](CCCN=C(N)N)C(=O)O. The molecule has 0 aliphatic carbocycles. The third-order valence-corrected chi connectivity index (χ3v) is 12.5. The predicted octanol–water partition coefficient (Wildman–Crippen LogP) is 2.20. The van der Waals surface area contributed by atoms with E-state index < -0.39 is 70.8 Å². The van der Waals surface area contributed by atoms with Gasteiger partial charge >= 0.3 is 5.97 Å². The van der Waals surface area contributed by atoms with Crippen molar-refractivity contribution in [1.29, 1.82) is 0 Å². The maximum Gasteiger partial charge on any atom is 0.326 e. The Hall–Kier alpha value is -6.68. The number of aliphatic hydroxyl groups is 1. The lowest BCUT2D eigenvalue weighted by Crippen LogP contribution is -2.59. The summed E-state index contributed by atoms with van der Waals surface area (Å²) in [6.45, 7) is 7.96. The number of nitrogens with zero attached hydrogens (tertiary/aromatic N) is 4. The van der Waals surface area contributed by atoms with Crippen molar-refractivity contribution in [3.8, 4) is 0 Å². The Kier molecular flexibility index (Phi) is 21.3. The van der Waals surface area contributed by atoms with E-state index in [9.17, 15) is 49.1 Å². The number of carbonyl (C=O) groups excluding carboxylic acids is 5. The summed E-state index contributed by atoms with van der Waals surface area (Å²) in [6.07, 6.45) is 2.69. The number of fused-ring (bicyclic) bond motifs is 2. The molecule has 1 aliphatic heterocycles. The number of para-hydroxylation sites is 1. The summed E-state index contributed by atoms with van der Waals surface area (Å²) in [7, 11) is 0. The molecule has 3 aromatic rings. The standard InChI is InChI=1S/C47H70N12O10/c1-5-27(2)38(48)43(63)52-24-12-10-17-32(45(65)58-26-14-19-35(58)42(62)56-33(46(66)67)18-13-25-53-47(49)50)55-44(64)40(29(4)60)57-36(61)20-7-6-11-23-51-41-30-15-8-9-16-31(30)54-39-28(3)21-22-34(37(39)41)59(68)69/h8-9,15-16,21-22,27,29,32-33,35,38,40,60H,5-7,10-14,17-20,23-26,48H2,1-4H3,(H,51,54)(H,52,63)(H,55,64)(H,56,62)(H,57,61)(H,66,67)(H4,49,50,53)/t27-,29+,32-,33-,35-,38-,40-/m0/s1. The quantitative estimate of drug-likeness (QED) is 0.0125. The third kappa shape index (κ3) is 15.7. The second-order valence-electron chi connectivity index (χ2n) is 17.7. The number of rotatable bonds is 28. The highest BCUT2D eigenvalue weighted by molar-refractivity contribution is 6.12. The van der Waals surface area contributed by atoms with Crippen LogP contribution in [0, 0.1) is 23.0 Å². The summed E-state index contributed by atoms with van der Waals surface area (Å²) in [5.74, 6) is -4.40. The number of guanidine groups is 1. The first kappa shape index (κ1) is 54.9. The largest absolute Gasteiger partial charge is 0.480 e. The number of benzene rings is 2. The molecule has 1 saturated heterocycles. The number of nitrogens with one attached hydrogen (secondary N) is 5. The van der Waals surface area contributed by atoms with E-state index in [1.165, 1.54) is 17.9 Å². The number of nitrogens with two attached hydrogens (primary N) is 3. The molecular formula is C47H70N12O10. The van der Waals surface area contributed by atoms with E-state index in [0.717, 1.165) is 17.4 Å². The molecule has 22 heteroatoms. The number of nitro benzene ring substituents is 1. The van der Waals surface area contributed by atoms with Crippen molar-refractivity contribution < 1.29 is 43.9 Å². The van der Waals surface area contributed by atoms with Gasteiger partial charge in [-0.15, -0.1) is 0 Å². The van der Waals surface area contributed by atoms with Crippen molar-refractivity contribution in [3.05, 3.63) is 52.1 Å². The Balaban J connectivity index is 1.39. The number of hydrogen-bond donors (Lipinski definition) is 10. The Labute approximate surface area is 401 Å². The van der Waals surface area contributed by atoms with Gasteiger partial charge in [0.15, 0.2) is 5.96 Å². The van der Waals surface area contributed by atoms with Crippen molar-refractivity contribution in [2.45, 2.75) is 141 Å². The normalized spacial score (nSPS) is 16.1. The zero-order valence-electron chi connectivity index (χ0n) is 40.0. The number of likely N-dealkylation sites (tertiary alicyclic amines) is 1. The summed E-state index contributed by atoms with van der Waals surface area (Å²) < 4.78 is 0. The number of aryl methyl sites for hydroxylation is 1. The molecule has 13 N–H and O–H groups in total. The molecule has 0 spiro atoms. The minimum absolute atomic E-state index is 0.00719. The van der Waals surface area contributed by atoms with E-state index in [4.69, 9.17) is 22.2 Å². The number of anilines is 1. The van der Waals surface area contributed by atoms with Gasteiger partial charge < -0.3 is 58.9 Å². The van der Waals surface area contributed by atoms with Crippen LogP contribution in [0.25, 0.3) is 21.8 Å². The number of amides is 5. The highest BCUT2D eigenvalue weighted by atomic mass is 16.6. The van der Waals surface area contributed by atoms with Gasteiger partial charge in [-0.05, 0) is 89.2 Å². The van der Waals surface area contributed by atoms with E-state index in [0.29, 0.717) is 67.2 Å². The fourth-order valence-electron chi connectivity index (χ4n) is 8.27. The summed E-state index contributed by atoms with van der Waals surface area (Å²) >= 11 is 0. The summed E-state index contributed by atoms with van der Waals surface area (Å²) in [5.41, 5.74) is 19.3. The fourth-order valence-corrected chi connectivity index (χ4v) is 8.27. The second kappa shape index (κ2) is 26.8. The molecule has 69 heavy (non-hydrogen) atoms. The van der Waals surface area contributed by atoms with Crippen molar-refractivity contribution in [3.63, 3.8) is 0 Å². The highest BCUT2D eigenvalue weighted by Gasteiger charge is 2.40. The molecule has 2 heterocycles. The van der Waals surface area contributed by atoms with Gasteiger partial charge in [-0.3, -0.25) is 39.1 Å². The molecular weight excluding hydrogens is 893 g/mol. The molecule has 2 aromatic carbocycles. The van der Waals surface area contributed by atoms with Gasteiger partial charge in [0, 0.05) is 44.1 Å². The Morgan fingerprint density at radius 2 is 1.64 bits per heavy atom. The number of aliphatic carboxylic acids is 1. The lowest BCUT2D eigenvalue weighted by Gasteiger charge is -2.31. The van der Waals surface area contributed by atoms with E-state index in [1.807, 2.05) is 45.0 Å². The Morgan fingerprint density at radius 1 is 0.928 bits per heavy atom. The molecule has 1 fully saturated rings. The van der Waals surface area contributed by atoms with Gasteiger partial charge in [0.05, 0.1) is 33.8 Å². The monoisotopic (exact) mass is 963 g/mol. The molecule has 378 valence electrons. The minimum atomic E-state index is -1.45. The Morgan fingerprint density at radius 3 is 2.32 bits per heavy atom. The molecule has 0 saturated carbocycles. The number of pyridine rings is 1. The molecule has 1 aromatic heterocycles. The van der Waals surface area contributed by atoms with Crippen molar-refractivity contribution >= 4 is 74.6 Å². The molecule has 0 bridgehead atoms. The van der Waals surface area contributed by atoms with Crippen molar-refractivity contribution in [1.82, 2.24) is 31.2 Å². The van der Waals surface area contributed by atoms with Gasteiger partial charge in [-0.2, -0.15) is 0 Å². The van der Waals surface area contributed by atoms with E-state index >= 15 is 0 Å². The number of non-ortho nitro benzene ring substituents is 1. The third-order valence-electron chi connectivity index (χ3n) is 12.5. The van der Waals surface area contributed by atoms with Crippen LogP contribution in [-0.2, 0) is 28.8 Å². The molecule has 7 atom stereocenters. The summed E-state index contributed by atoms with van der Waals surface area (Å²) in [5, 5.41) is 47.7. The average molecular weight is 963 g/mol. The van der Waals surface area contributed by atoms with E-state index in [1.54, 1.807) is 6.07 Å². The van der Waals surface area contributed by atoms with Gasteiger partial charge in [-0.1, -0.05) is 51.0 Å². The van der Waals surface area contributed by atoms with E-state index in [2.05, 4.69) is 31.6 Å². The van der Waals surface area contributed by atoms with Gasteiger partial charge in [0.25, 0.3) is 5.69 Å². The first-order chi connectivity index (χ1) is 32.9. The van der Waals surface area contributed by atoms with Crippen LogP contribution in [0.4, 0.5) is 11.4 Å². The van der Waals surface area contributed by atoms with Crippen LogP contribution in [-0.4, -0.2) is 129 Å². The van der Waals surface area contributed by atoms with Crippen LogP contribution in [0.5, 0.6) is 0 Å². The second-order valence-corrected chi connectivity index (χ2v) is 17.7. The number of aliphatic imine (C=N–C) groups is 1. The number of carboxylic acids is 1. The predicted molar refractivity (Wildman–Crippen MR) is 262 cm³/mol. The van der Waals surface area contributed by atoms with Crippen LogP contribution < -0.4 is 43.8 Å². The zero-order chi connectivity index (χ0) is 50.8. The van der Waals surface area contributed by atoms with Crippen LogP contribution in [0.3, 0.4) is 0 Å². The lowest BCUT2D eigenvalue weighted by molar-refractivity contribution is -0.383. The topological polar surface area (TPSA) is 353 Å². The average Bonchev–Trinajstić information content (AvgIpc) is 3.81. The minimum Gasteiger partial charge on any atom is -0.480 e. The smallest absolute Gasteiger partial charge is 0.326 e. The number of nitro groups is 1. The highest BCUT2D eigenvalue weighted by Crippen LogP contribution is 2.38. The number of hydrogen-bond acceptors (Lipinski definition) is 13. The number of unbranched alkanes of at least 4 members (excludes halogenated alkanes) is 3. The summed E-state index contributed by atoms with van der Waals surface area (Å²) in [4.78, 5) is 101. The molecule has 0 unspecified atom stereocenters. The molecule has 1 aliphatic rings. The first-order valence-corrected chi connectivity index (χ1v) is 23.8. The molecule has 4 rings (SSSR count). The first-order valence-electron chi connectivity index (χ1n) is 23.8. The van der Waals surface area contributed by atoms with Crippen molar-refractivity contribution in [2.75, 3.05) is 31.5 Å². The molecule has 22 nitrogen and oxygen atoms in total. The van der Waals surface area contributed by atoms with Gasteiger partial charge in [0.1, 0.15) is 29.6 Å². The van der Waals surface area contributed by atoms with Crippen LogP contribution in [0.2, 0.25) is 0 Å². The number of carbonyl (C=O) groups is 6. The van der Waals surface area contributed by atoms with Crippen LogP contribution >= 0.6 is 0 Å². The molecule has 5 amide bonds. The molecule has 0 radical (unpaired) electrons. The van der Waals surface area contributed by atoms with E-state index in [-0.39, 0.29) is 75.2 Å².